The summed E-state index contributed by atoms with van der Waals surface area (Å²) in [5.41, 5.74) is 12.6. The molecule has 0 fully saturated rings. The highest BCUT2D eigenvalue weighted by atomic mass is 15.1. The maximum atomic E-state index is 5.77. The maximum Gasteiger partial charge on any atom is 0.0234 e. The van der Waals surface area contributed by atoms with E-state index in [9.17, 15) is 0 Å². The Bertz CT molecular complexity index is 619. The Morgan fingerprint density at radius 3 is 2.80 bits per heavy atom. The molecule has 0 radical (unpaired) electrons. The van der Waals surface area contributed by atoms with Crippen LogP contribution >= 0.6 is 0 Å². The molecule has 0 spiro atoms. The van der Waals surface area contributed by atoms with E-state index in [2.05, 4.69) is 61.3 Å². The second-order valence-electron chi connectivity index (χ2n) is 5.88. The van der Waals surface area contributed by atoms with Gasteiger partial charge in [0.15, 0.2) is 0 Å². The second kappa shape index (κ2) is 5.39. The van der Waals surface area contributed by atoms with E-state index in [-0.39, 0.29) is 0 Å². The fourth-order valence-corrected chi connectivity index (χ4v) is 3.36. The summed E-state index contributed by atoms with van der Waals surface area (Å²) in [6.45, 7) is 5.09. The van der Waals surface area contributed by atoms with Crippen LogP contribution in [0.2, 0.25) is 0 Å². The summed E-state index contributed by atoms with van der Waals surface area (Å²) in [6, 6.07) is 15.3. The van der Waals surface area contributed by atoms with Crippen molar-refractivity contribution in [2.45, 2.75) is 25.9 Å². The van der Waals surface area contributed by atoms with Crippen molar-refractivity contribution in [2.24, 2.45) is 5.73 Å². The van der Waals surface area contributed by atoms with Crippen molar-refractivity contribution in [3.05, 3.63) is 59.2 Å². The number of likely N-dealkylation sites (N-methyl/N-ethyl adjacent to an activating group) is 1. The highest BCUT2D eigenvalue weighted by molar-refractivity contribution is 5.70. The predicted octanol–water partition coefficient (Wildman–Crippen LogP) is 3.36. The summed E-state index contributed by atoms with van der Waals surface area (Å²) in [6.07, 6.45) is 0. The highest BCUT2D eigenvalue weighted by Gasteiger charge is 2.22. The SMILES string of the molecule is CC1CN(C)Cc2cccc(-c3cccc(CN)c3)c21. The molecule has 2 aromatic carbocycles. The monoisotopic (exact) mass is 266 g/mol. The Labute approximate surface area is 121 Å². The minimum absolute atomic E-state index is 0.571. The summed E-state index contributed by atoms with van der Waals surface area (Å²) in [7, 11) is 2.20. The van der Waals surface area contributed by atoms with Gasteiger partial charge < -0.3 is 10.6 Å². The summed E-state index contributed by atoms with van der Waals surface area (Å²) in [5.74, 6) is 0.571. The van der Waals surface area contributed by atoms with Crippen LogP contribution in [0.3, 0.4) is 0 Å². The van der Waals surface area contributed by atoms with Gasteiger partial charge in [-0.2, -0.15) is 0 Å². The molecule has 0 saturated carbocycles. The van der Waals surface area contributed by atoms with Crippen molar-refractivity contribution in [1.82, 2.24) is 4.90 Å². The van der Waals surface area contributed by atoms with Crippen molar-refractivity contribution < 1.29 is 0 Å². The van der Waals surface area contributed by atoms with Gasteiger partial charge in [0.1, 0.15) is 0 Å². The van der Waals surface area contributed by atoms with E-state index in [1.54, 1.807) is 0 Å². The van der Waals surface area contributed by atoms with Crippen LogP contribution in [0.15, 0.2) is 42.5 Å². The van der Waals surface area contributed by atoms with Gasteiger partial charge in [-0.15, -0.1) is 0 Å². The maximum absolute atomic E-state index is 5.77. The Morgan fingerprint density at radius 2 is 2.00 bits per heavy atom. The topological polar surface area (TPSA) is 29.3 Å². The molecule has 1 heterocycles. The van der Waals surface area contributed by atoms with E-state index in [0.29, 0.717) is 12.5 Å². The van der Waals surface area contributed by atoms with Crippen LogP contribution < -0.4 is 5.73 Å². The molecule has 0 amide bonds. The van der Waals surface area contributed by atoms with Crippen LogP contribution in [0.5, 0.6) is 0 Å². The highest BCUT2D eigenvalue weighted by Crippen LogP contribution is 2.36. The van der Waals surface area contributed by atoms with Gasteiger partial charge in [-0.05, 0) is 46.8 Å². The zero-order valence-electron chi connectivity index (χ0n) is 12.3. The summed E-state index contributed by atoms with van der Waals surface area (Å²) in [4.78, 5) is 2.40. The van der Waals surface area contributed by atoms with Gasteiger partial charge in [-0.1, -0.05) is 43.3 Å². The minimum atomic E-state index is 0.571. The fraction of sp³-hybridized carbons (Fsp3) is 0.333. The molecule has 1 atom stereocenters. The molecule has 1 aliphatic heterocycles. The number of benzene rings is 2. The Morgan fingerprint density at radius 1 is 1.20 bits per heavy atom. The molecule has 104 valence electrons. The molecule has 1 unspecified atom stereocenters. The standard InChI is InChI=1S/C18H22N2/c1-13-11-20(2)12-16-7-4-8-17(18(13)16)15-6-3-5-14(9-15)10-19/h3-9,13H,10-12,19H2,1-2H3. The molecule has 0 aliphatic carbocycles. The first-order chi connectivity index (χ1) is 9.69. The lowest BCUT2D eigenvalue weighted by Crippen LogP contribution is -2.29. The average molecular weight is 266 g/mol. The minimum Gasteiger partial charge on any atom is -0.326 e. The molecule has 3 rings (SSSR count). The number of hydrogen-bond donors (Lipinski definition) is 1. The van der Waals surface area contributed by atoms with Gasteiger partial charge in [-0.25, -0.2) is 0 Å². The first kappa shape index (κ1) is 13.3. The van der Waals surface area contributed by atoms with E-state index < -0.39 is 0 Å². The van der Waals surface area contributed by atoms with Gasteiger partial charge in [0.05, 0.1) is 0 Å². The van der Waals surface area contributed by atoms with Crippen LogP contribution in [-0.4, -0.2) is 18.5 Å². The smallest absolute Gasteiger partial charge is 0.0234 e. The molecular formula is C18H22N2. The van der Waals surface area contributed by atoms with Crippen molar-refractivity contribution in [3.8, 4) is 11.1 Å². The molecule has 2 aromatic rings. The zero-order valence-corrected chi connectivity index (χ0v) is 12.3. The van der Waals surface area contributed by atoms with E-state index in [1.807, 2.05) is 0 Å². The molecule has 2 heteroatoms. The van der Waals surface area contributed by atoms with Crippen LogP contribution in [-0.2, 0) is 13.1 Å². The average Bonchev–Trinajstić information content (AvgIpc) is 2.46. The third-order valence-corrected chi connectivity index (χ3v) is 4.19. The lowest BCUT2D eigenvalue weighted by atomic mass is 9.84. The van der Waals surface area contributed by atoms with Crippen molar-refractivity contribution in [3.63, 3.8) is 0 Å². The van der Waals surface area contributed by atoms with Gasteiger partial charge >= 0.3 is 0 Å². The van der Waals surface area contributed by atoms with E-state index in [0.717, 1.165) is 13.1 Å². The quantitative estimate of drug-likeness (QED) is 0.903. The van der Waals surface area contributed by atoms with E-state index in [1.165, 1.54) is 27.8 Å². The molecule has 1 aliphatic rings. The molecule has 2 nitrogen and oxygen atoms in total. The van der Waals surface area contributed by atoms with Crippen LogP contribution in [0, 0.1) is 0 Å². The van der Waals surface area contributed by atoms with Gasteiger partial charge in [0.2, 0.25) is 0 Å². The number of nitrogens with zero attached hydrogens (tertiary/aromatic N) is 1. The molecule has 0 bridgehead atoms. The Balaban J connectivity index is 2.13. The third kappa shape index (κ3) is 2.37. The Kier molecular flexibility index (Phi) is 3.60. The Hall–Kier alpha value is -1.64. The normalized spacial score (nSPS) is 18.9. The third-order valence-electron chi connectivity index (χ3n) is 4.19. The van der Waals surface area contributed by atoms with E-state index in [4.69, 9.17) is 5.73 Å². The zero-order chi connectivity index (χ0) is 14.1. The summed E-state index contributed by atoms with van der Waals surface area (Å²) in [5, 5.41) is 0. The number of rotatable bonds is 2. The molecule has 0 saturated heterocycles. The molecule has 0 aromatic heterocycles. The number of hydrogen-bond acceptors (Lipinski definition) is 2. The molecular weight excluding hydrogens is 244 g/mol. The summed E-state index contributed by atoms with van der Waals surface area (Å²) >= 11 is 0. The molecule has 20 heavy (non-hydrogen) atoms. The van der Waals surface area contributed by atoms with Crippen molar-refractivity contribution in [2.75, 3.05) is 13.6 Å². The predicted molar refractivity (Wildman–Crippen MR) is 84.5 cm³/mol. The van der Waals surface area contributed by atoms with Gasteiger partial charge in [0, 0.05) is 19.6 Å². The van der Waals surface area contributed by atoms with Crippen LogP contribution in [0.25, 0.3) is 11.1 Å². The van der Waals surface area contributed by atoms with Gasteiger partial charge in [0.25, 0.3) is 0 Å². The number of nitrogens with two attached hydrogens (primary N) is 1. The van der Waals surface area contributed by atoms with Crippen molar-refractivity contribution >= 4 is 0 Å². The largest absolute Gasteiger partial charge is 0.326 e. The van der Waals surface area contributed by atoms with Gasteiger partial charge in [-0.3, -0.25) is 0 Å². The van der Waals surface area contributed by atoms with Crippen LogP contribution in [0.1, 0.15) is 29.5 Å². The number of fused-ring (bicyclic) bond motifs is 1. The summed E-state index contributed by atoms with van der Waals surface area (Å²) < 4.78 is 0. The first-order valence-electron chi connectivity index (χ1n) is 7.28. The first-order valence-corrected chi connectivity index (χ1v) is 7.28. The van der Waals surface area contributed by atoms with Crippen LogP contribution in [0.4, 0.5) is 0 Å². The lowest BCUT2D eigenvalue weighted by Gasteiger charge is -2.32. The fourth-order valence-electron chi connectivity index (χ4n) is 3.36. The second-order valence-corrected chi connectivity index (χ2v) is 5.88. The van der Waals surface area contributed by atoms with Crippen molar-refractivity contribution in [1.29, 1.82) is 0 Å². The molecule has 2 N–H and O–H groups in total. The lowest BCUT2D eigenvalue weighted by molar-refractivity contribution is 0.288. The van der Waals surface area contributed by atoms with E-state index >= 15 is 0 Å².